The van der Waals surface area contributed by atoms with Gasteiger partial charge < -0.3 is 9.84 Å². The molecular weight excluding hydrogens is 216 g/mol. The molecule has 0 bridgehead atoms. The molecule has 0 aliphatic rings. The topological polar surface area (TPSA) is 55.2 Å². The van der Waals surface area contributed by atoms with Gasteiger partial charge in [0.15, 0.2) is 0 Å². The van der Waals surface area contributed by atoms with Crippen molar-refractivity contribution in [2.24, 2.45) is 0 Å². The summed E-state index contributed by atoms with van der Waals surface area (Å²) < 4.78 is 5.32. The number of aliphatic hydroxyl groups excluding tert-OH is 1. The van der Waals surface area contributed by atoms with Gasteiger partial charge in [-0.25, -0.2) is 4.98 Å². The van der Waals surface area contributed by atoms with Gasteiger partial charge in [0.2, 0.25) is 5.88 Å². The summed E-state index contributed by atoms with van der Waals surface area (Å²) in [5.41, 5.74) is 0. The second-order valence-electron chi connectivity index (χ2n) is 3.47. The maximum Gasteiger partial charge on any atom is 0.218 e. The molecule has 4 nitrogen and oxygen atoms in total. The van der Waals surface area contributed by atoms with Crippen LogP contribution >= 0.6 is 11.6 Å². The van der Waals surface area contributed by atoms with Crippen molar-refractivity contribution in [1.82, 2.24) is 9.97 Å². The fourth-order valence-electron chi connectivity index (χ4n) is 0.987. The van der Waals surface area contributed by atoms with Crippen LogP contribution in [0.4, 0.5) is 0 Å². The number of ether oxygens (including phenoxy) is 1. The van der Waals surface area contributed by atoms with Crippen molar-refractivity contribution in [3.8, 4) is 5.88 Å². The first-order chi connectivity index (χ1) is 7.13. The van der Waals surface area contributed by atoms with Crippen LogP contribution in [0.1, 0.15) is 32.0 Å². The summed E-state index contributed by atoms with van der Waals surface area (Å²) in [6.45, 7) is 4.52. The number of nitrogens with zero attached hydrogens (tertiary/aromatic N) is 2. The largest absolute Gasteiger partial charge is 0.477 e. The Balaban J connectivity index is 2.71. The molecule has 15 heavy (non-hydrogen) atoms. The highest BCUT2D eigenvalue weighted by molar-refractivity contribution is 6.29. The third-order valence-electron chi connectivity index (χ3n) is 1.76. The molecule has 0 aliphatic carbocycles. The molecule has 1 heterocycles. The lowest BCUT2D eigenvalue weighted by molar-refractivity contribution is 0.228. The van der Waals surface area contributed by atoms with Gasteiger partial charge in [-0.3, -0.25) is 0 Å². The van der Waals surface area contributed by atoms with Crippen LogP contribution in [0.2, 0.25) is 5.15 Å². The van der Waals surface area contributed by atoms with E-state index in [0.717, 1.165) is 0 Å². The van der Waals surface area contributed by atoms with Crippen LogP contribution in [-0.2, 0) is 0 Å². The summed E-state index contributed by atoms with van der Waals surface area (Å²) in [5, 5.41) is 8.98. The molecule has 1 rings (SSSR count). The molecule has 1 N–H and O–H groups in total. The first-order valence-corrected chi connectivity index (χ1v) is 5.29. The summed E-state index contributed by atoms with van der Waals surface area (Å²) in [4.78, 5) is 8.29. The lowest BCUT2D eigenvalue weighted by atomic mass is 10.2. The number of aliphatic hydroxyl groups is 1. The average molecular weight is 231 g/mol. The van der Waals surface area contributed by atoms with E-state index in [4.69, 9.17) is 21.4 Å². The van der Waals surface area contributed by atoms with E-state index in [9.17, 15) is 0 Å². The Morgan fingerprint density at radius 1 is 1.47 bits per heavy atom. The smallest absolute Gasteiger partial charge is 0.218 e. The second kappa shape index (κ2) is 5.88. The Bertz CT molecular complexity index is 318. The fraction of sp³-hybridized carbons (Fsp3) is 0.600. The van der Waals surface area contributed by atoms with E-state index in [1.54, 1.807) is 6.07 Å². The van der Waals surface area contributed by atoms with E-state index in [-0.39, 0.29) is 12.5 Å². The summed E-state index contributed by atoms with van der Waals surface area (Å²) >= 11 is 5.83. The molecule has 1 aromatic heterocycles. The highest BCUT2D eigenvalue weighted by atomic mass is 35.5. The number of aromatic nitrogens is 2. The average Bonchev–Trinajstić information content (AvgIpc) is 2.17. The van der Waals surface area contributed by atoms with Crippen LogP contribution in [0.3, 0.4) is 0 Å². The van der Waals surface area contributed by atoms with Gasteiger partial charge in [-0.15, -0.1) is 0 Å². The normalized spacial score (nSPS) is 10.7. The molecule has 1 aromatic rings. The molecule has 0 fully saturated rings. The Morgan fingerprint density at radius 3 is 2.80 bits per heavy atom. The van der Waals surface area contributed by atoms with Crippen LogP contribution < -0.4 is 4.74 Å². The van der Waals surface area contributed by atoms with E-state index in [0.29, 0.717) is 29.9 Å². The highest BCUT2D eigenvalue weighted by Crippen LogP contribution is 2.18. The van der Waals surface area contributed by atoms with Gasteiger partial charge in [0.1, 0.15) is 11.0 Å². The minimum absolute atomic E-state index is 0.107. The third-order valence-corrected chi connectivity index (χ3v) is 1.95. The van der Waals surface area contributed by atoms with Crippen LogP contribution in [0.5, 0.6) is 5.88 Å². The van der Waals surface area contributed by atoms with Gasteiger partial charge >= 0.3 is 0 Å². The van der Waals surface area contributed by atoms with Crippen LogP contribution in [0.15, 0.2) is 6.07 Å². The Morgan fingerprint density at radius 2 is 2.20 bits per heavy atom. The van der Waals surface area contributed by atoms with Crippen molar-refractivity contribution < 1.29 is 9.84 Å². The maximum absolute atomic E-state index is 8.60. The van der Waals surface area contributed by atoms with Crippen molar-refractivity contribution in [1.29, 1.82) is 0 Å². The molecule has 0 amide bonds. The van der Waals surface area contributed by atoms with E-state index >= 15 is 0 Å². The van der Waals surface area contributed by atoms with Crippen LogP contribution in [0.25, 0.3) is 0 Å². The van der Waals surface area contributed by atoms with Crippen molar-refractivity contribution >= 4 is 11.6 Å². The standard InChI is InChI=1S/C10H15ClN2O2/c1-7(2)10-12-8(11)6-9(13-10)15-5-3-4-14/h6-7,14H,3-5H2,1-2H3. The number of hydrogen-bond donors (Lipinski definition) is 1. The Hall–Kier alpha value is -0.870. The van der Waals surface area contributed by atoms with Crippen molar-refractivity contribution in [3.05, 3.63) is 17.0 Å². The summed E-state index contributed by atoms with van der Waals surface area (Å²) in [6.07, 6.45) is 0.582. The minimum Gasteiger partial charge on any atom is -0.477 e. The Labute approximate surface area is 94.3 Å². The molecule has 0 radical (unpaired) electrons. The maximum atomic E-state index is 8.60. The van der Waals surface area contributed by atoms with E-state index in [1.807, 2.05) is 13.8 Å². The van der Waals surface area contributed by atoms with Crippen molar-refractivity contribution in [3.63, 3.8) is 0 Å². The zero-order valence-electron chi connectivity index (χ0n) is 8.90. The summed E-state index contributed by atoms with van der Waals surface area (Å²) in [6, 6.07) is 1.57. The predicted molar refractivity (Wildman–Crippen MR) is 58.3 cm³/mol. The van der Waals surface area contributed by atoms with Crippen molar-refractivity contribution in [2.45, 2.75) is 26.2 Å². The van der Waals surface area contributed by atoms with Crippen LogP contribution in [0, 0.1) is 0 Å². The minimum atomic E-state index is 0.107. The lowest BCUT2D eigenvalue weighted by Gasteiger charge is -2.08. The van der Waals surface area contributed by atoms with Gasteiger partial charge in [0, 0.05) is 25.0 Å². The third kappa shape index (κ3) is 4.01. The highest BCUT2D eigenvalue weighted by Gasteiger charge is 2.07. The zero-order valence-corrected chi connectivity index (χ0v) is 9.66. The van der Waals surface area contributed by atoms with Gasteiger partial charge in [0.25, 0.3) is 0 Å². The molecule has 0 unspecified atom stereocenters. The number of hydrogen-bond acceptors (Lipinski definition) is 4. The summed E-state index contributed by atoms with van der Waals surface area (Å²) in [7, 11) is 0. The first-order valence-electron chi connectivity index (χ1n) is 4.91. The Kier molecular flexibility index (Phi) is 4.78. The van der Waals surface area contributed by atoms with Crippen LogP contribution in [-0.4, -0.2) is 28.3 Å². The molecule has 0 aromatic carbocycles. The zero-order chi connectivity index (χ0) is 11.3. The van der Waals surface area contributed by atoms with Crippen molar-refractivity contribution in [2.75, 3.05) is 13.2 Å². The van der Waals surface area contributed by atoms with Gasteiger partial charge in [-0.2, -0.15) is 4.98 Å². The first kappa shape index (κ1) is 12.2. The molecule has 0 atom stereocenters. The molecule has 0 aliphatic heterocycles. The molecule has 84 valence electrons. The van der Waals surface area contributed by atoms with E-state index in [1.165, 1.54) is 0 Å². The molecule has 0 spiro atoms. The number of rotatable bonds is 5. The monoisotopic (exact) mass is 230 g/mol. The quantitative estimate of drug-likeness (QED) is 0.621. The second-order valence-corrected chi connectivity index (χ2v) is 3.85. The van der Waals surface area contributed by atoms with Gasteiger partial charge in [-0.05, 0) is 0 Å². The van der Waals surface area contributed by atoms with E-state index in [2.05, 4.69) is 9.97 Å². The number of halogens is 1. The molecule has 0 saturated carbocycles. The fourth-order valence-corrected chi connectivity index (χ4v) is 1.17. The predicted octanol–water partition coefficient (Wildman–Crippen LogP) is 2.01. The lowest BCUT2D eigenvalue weighted by Crippen LogP contribution is -2.04. The molecule has 5 heteroatoms. The summed E-state index contributed by atoms with van der Waals surface area (Å²) in [5.74, 6) is 1.34. The van der Waals surface area contributed by atoms with E-state index < -0.39 is 0 Å². The van der Waals surface area contributed by atoms with Gasteiger partial charge in [0.05, 0.1) is 6.61 Å². The molecule has 0 saturated heterocycles. The molecular formula is C10H15ClN2O2. The SMILES string of the molecule is CC(C)c1nc(Cl)cc(OCCCO)n1. The van der Waals surface area contributed by atoms with Gasteiger partial charge in [-0.1, -0.05) is 25.4 Å².